The number of nitrogens with zero attached hydrogens (tertiary/aromatic N) is 1. The number of methoxy groups -OCH3 is 1. The maximum absolute atomic E-state index is 12.9. The summed E-state index contributed by atoms with van der Waals surface area (Å²) in [6, 6.07) is 12.6. The average Bonchev–Trinajstić information content (AvgIpc) is 2.96. The Kier molecular flexibility index (Phi) is 6.54. The predicted molar refractivity (Wildman–Crippen MR) is 116 cm³/mol. The summed E-state index contributed by atoms with van der Waals surface area (Å²) in [5.74, 6) is 1.03. The lowest BCUT2D eigenvalue weighted by Gasteiger charge is -2.15. The third kappa shape index (κ3) is 4.29. The van der Waals surface area contributed by atoms with Gasteiger partial charge >= 0.3 is 0 Å². The van der Waals surface area contributed by atoms with Crippen molar-refractivity contribution < 1.29 is 14.3 Å². The summed E-state index contributed by atoms with van der Waals surface area (Å²) in [6.45, 7) is 2.74. The minimum Gasteiger partial charge on any atom is -0.493 e. The van der Waals surface area contributed by atoms with Gasteiger partial charge in [0, 0.05) is 0 Å². The number of amides is 1. The summed E-state index contributed by atoms with van der Waals surface area (Å²) in [4.78, 5) is 14.3. The summed E-state index contributed by atoms with van der Waals surface area (Å²) in [5, 5.41) is 3.70. The van der Waals surface area contributed by atoms with E-state index in [4.69, 9.17) is 33.3 Å². The monoisotopic (exact) mass is 416 g/mol. The molecule has 2 aromatic rings. The van der Waals surface area contributed by atoms with Gasteiger partial charge in [-0.15, -0.1) is 0 Å². The van der Waals surface area contributed by atoms with Gasteiger partial charge in [0.25, 0.3) is 5.91 Å². The molecule has 0 aliphatic carbocycles. The molecule has 0 saturated carbocycles. The predicted octanol–water partition coefficient (Wildman–Crippen LogP) is 4.79. The van der Waals surface area contributed by atoms with Crippen LogP contribution in [0.15, 0.2) is 48.2 Å². The quantitative estimate of drug-likeness (QED) is 0.399. The van der Waals surface area contributed by atoms with Crippen molar-refractivity contribution in [3.63, 3.8) is 0 Å². The van der Waals surface area contributed by atoms with Gasteiger partial charge in [-0.05, 0) is 54.5 Å². The van der Waals surface area contributed by atoms with E-state index in [1.807, 2.05) is 18.2 Å². The van der Waals surface area contributed by atoms with Gasteiger partial charge in [-0.1, -0.05) is 43.1 Å². The zero-order valence-electron chi connectivity index (χ0n) is 15.7. The lowest BCUT2D eigenvalue weighted by molar-refractivity contribution is -0.113. The maximum atomic E-state index is 12.9. The number of para-hydroxylation sites is 1. The summed E-state index contributed by atoms with van der Waals surface area (Å²) in [6.07, 6.45) is 3.76. The number of nitrogens with one attached hydrogen (secondary N) is 1. The second kappa shape index (κ2) is 9.08. The molecule has 1 amide bonds. The van der Waals surface area contributed by atoms with Gasteiger partial charge in [-0.2, -0.15) is 0 Å². The summed E-state index contributed by atoms with van der Waals surface area (Å²) < 4.78 is 11.2. The Bertz CT molecular complexity index is 930. The first-order valence-corrected chi connectivity index (χ1v) is 9.76. The second-order valence-corrected chi connectivity index (χ2v) is 6.99. The highest BCUT2D eigenvalue weighted by Crippen LogP contribution is 2.31. The Morgan fingerprint density at radius 3 is 2.71 bits per heavy atom. The molecule has 146 valence electrons. The van der Waals surface area contributed by atoms with Crippen LogP contribution in [0.2, 0.25) is 5.02 Å². The van der Waals surface area contributed by atoms with Crippen LogP contribution in [0.25, 0.3) is 6.08 Å². The minimum absolute atomic E-state index is 0.264. The molecule has 1 saturated heterocycles. The number of carbonyl (C=O) groups is 1. The van der Waals surface area contributed by atoms with E-state index in [0.717, 1.165) is 18.4 Å². The van der Waals surface area contributed by atoms with E-state index >= 15 is 0 Å². The Labute approximate surface area is 174 Å². The van der Waals surface area contributed by atoms with Crippen LogP contribution < -0.4 is 19.7 Å². The van der Waals surface area contributed by atoms with Crippen molar-refractivity contribution in [2.45, 2.75) is 19.8 Å². The molecular formula is C21H21ClN2O3S. The Morgan fingerprint density at radius 1 is 1.21 bits per heavy atom. The number of ether oxygens (including phenoxy) is 2. The van der Waals surface area contributed by atoms with Crippen molar-refractivity contribution >= 4 is 46.6 Å². The van der Waals surface area contributed by atoms with Gasteiger partial charge in [0.15, 0.2) is 16.6 Å². The molecule has 0 aromatic heterocycles. The number of rotatable bonds is 7. The van der Waals surface area contributed by atoms with Gasteiger partial charge in [-0.3, -0.25) is 9.69 Å². The number of hydrogen-bond donors (Lipinski definition) is 1. The third-order valence-electron chi connectivity index (χ3n) is 4.23. The van der Waals surface area contributed by atoms with E-state index in [1.165, 1.54) is 4.90 Å². The van der Waals surface area contributed by atoms with Crippen molar-refractivity contribution in [2.75, 3.05) is 18.6 Å². The van der Waals surface area contributed by atoms with Crippen LogP contribution in [0.3, 0.4) is 0 Å². The Hall–Kier alpha value is -2.57. The normalized spacial score (nSPS) is 15.1. The van der Waals surface area contributed by atoms with Crippen LogP contribution in [0, 0.1) is 0 Å². The summed E-state index contributed by atoms with van der Waals surface area (Å²) >= 11 is 11.6. The first kappa shape index (κ1) is 20.2. The standard InChI is InChI=1S/C21H21ClN2O3S/c1-3-4-11-27-18-10-9-14(13-19(18)26-2)12-16-20(25)24(21(28)23-16)17-8-6-5-7-15(17)22/h5-10,12-13H,3-4,11H2,1-2H3,(H,23,28)/b16-12-. The van der Waals surface area contributed by atoms with Gasteiger partial charge in [0.1, 0.15) is 5.70 Å². The van der Waals surface area contributed by atoms with Crippen molar-refractivity contribution in [3.05, 3.63) is 58.7 Å². The van der Waals surface area contributed by atoms with E-state index in [0.29, 0.717) is 34.5 Å². The average molecular weight is 417 g/mol. The van der Waals surface area contributed by atoms with Gasteiger partial charge in [0.2, 0.25) is 0 Å². The smallest absolute Gasteiger partial charge is 0.281 e. The third-order valence-corrected chi connectivity index (χ3v) is 4.83. The highest BCUT2D eigenvalue weighted by Gasteiger charge is 2.33. The number of carbonyl (C=O) groups excluding carboxylic acids is 1. The molecule has 0 atom stereocenters. The fraction of sp³-hybridized carbons (Fsp3) is 0.238. The zero-order chi connectivity index (χ0) is 20.1. The van der Waals surface area contributed by atoms with Gasteiger partial charge < -0.3 is 14.8 Å². The molecule has 7 heteroatoms. The van der Waals surface area contributed by atoms with Crippen LogP contribution in [-0.2, 0) is 4.79 Å². The molecule has 0 radical (unpaired) electrons. The topological polar surface area (TPSA) is 50.8 Å². The Balaban J connectivity index is 1.85. The Morgan fingerprint density at radius 2 is 2.00 bits per heavy atom. The molecule has 1 aliphatic rings. The van der Waals surface area contributed by atoms with Crippen LogP contribution in [0.5, 0.6) is 11.5 Å². The summed E-state index contributed by atoms with van der Waals surface area (Å²) in [7, 11) is 1.59. The van der Waals surface area contributed by atoms with E-state index in [2.05, 4.69) is 12.2 Å². The van der Waals surface area contributed by atoms with Crippen LogP contribution in [-0.4, -0.2) is 24.7 Å². The van der Waals surface area contributed by atoms with Gasteiger partial charge in [-0.25, -0.2) is 0 Å². The van der Waals surface area contributed by atoms with Crippen LogP contribution >= 0.6 is 23.8 Å². The number of hydrogen-bond acceptors (Lipinski definition) is 4. The lowest BCUT2D eigenvalue weighted by atomic mass is 10.1. The first-order valence-electron chi connectivity index (χ1n) is 8.97. The number of thiocarbonyl (C=S) groups is 1. The van der Waals surface area contributed by atoms with E-state index in [9.17, 15) is 4.79 Å². The molecule has 28 heavy (non-hydrogen) atoms. The van der Waals surface area contributed by atoms with E-state index in [-0.39, 0.29) is 11.0 Å². The SMILES string of the molecule is CCCCOc1ccc(/C=C2\NC(=S)N(c3ccccc3Cl)C2=O)cc1OC. The highest BCUT2D eigenvalue weighted by atomic mass is 35.5. The molecule has 1 N–H and O–H groups in total. The van der Waals surface area contributed by atoms with Gasteiger partial charge in [0.05, 0.1) is 24.4 Å². The molecule has 1 heterocycles. The maximum Gasteiger partial charge on any atom is 0.281 e. The van der Waals surface area contributed by atoms with Crippen molar-refractivity contribution in [3.8, 4) is 11.5 Å². The molecule has 0 unspecified atom stereocenters. The summed E-state index contributed by atoms with van der Waals surface area (Å²) in [5.41, 5.74) is 1.71. The molecule has 3 rings (SSSR count). The first-order chi connectivity index (χ1) is 13.5. The molecule has 0 spiro atoms. The fourth-order valence-electron chi connectivity index (χ4n) is 2.77. The fourth-order valence-corrected chi connectivity index (χ4v) is 3.28. The van der Waals surface area contributed by atoms with Crippen LogP contribution in [0.1, 0.15) is 25.3 Å². The molecule has 1 fully saturated rings. The van der Waals surface area contributed by atoms with Crippen molar-refractivity contribution in [2.24, 2.45) is 0 Å². The second-order valence-electron chi connectivity index (χ2n) is 6.19. The highest BCUT2D eigenvalue weighted by molar-refractivity contribution is 7.80. The number of halogens is 1. The minimum atomic E-state index is -0.264. The number of anilines is 1. The largest absolute Gasteiger partial charge is 0.493 e. The number of benzene rings is 2. The molecule has 1 aliphatic heterocycles. The number of unbranched alkanes of at least 4 members (excludes halogenated alkanes) is 1. The molecular weight excluding hydrogens is 396 g/mol. The molecule has 2 aromatic carbocycles. The van der Waals surface area contributed by atoms with E-state index < -0.39 is 0 Å². The van der Waals surface area contributed by atoms with Crippen LogP contribution in [0.4, 0.5) is 5.69 Å². The molecule has 0 bridgehead atoms. The lowest BCUT2D eigenvalue weighted by Crippen LogP contribution is -2.30. The van der Waals surface area contributed by atoms with E-state index in [1.54, 1.807) is 37.5 Å². The zero-order valence-corrected chi connectivity index (χ0v) is 17.3. The van der Waals surface area contributed by atoms with Crippen molar-refractivity contribution in [1.82, 2.24) is 5.32 Å². The van der Waals surface area contributed by atoms with Crippen molar-refractivity contribution in [1.29, 1.82) is 0 Å². The molecule has 5 nitrogen and oxygen atoms in total.